The highest BCUT2D eigenvalue weighted by Gasteiger charge is 2.50. The van der Waals surface area contributed by atoms with E-state index in [9.17, 15) is 19.1 Å². The third kappa shape index (κ3) is 3.50. The van der Waals surface area contributed by atoms with Crippen LogP contribution in [0.4, 0.5) is 4.39 Å². The van der Waals surface area contributed by atoms with Crippen LogP contribution in [-0.4, -0.2) is 28.5 Å². The van der Waals surface area contributed by atoms with Crippen molar-refractivity contribution < 1.29 is 19.1 Å². The molecule has 6 heteroatoms. The molecule has 3 N–H and O–H groups in total. The van der Waals surface area contributed by atoms with Gasteiger partial charge >= 0.3 is 5.97 Å². The molecule has 0 spiro atoms. The van der Waals surface area contributed by atoms with Crippen molar-refractivity contribution in [2.24, 2.45) is 5.41 Å². The SMILES string of the molecule is O=C(CCc1c(-c2ccccc2)[nH]c2ccc(F)cc12)NCC1(C(=O)O)CC1. The summed E-state index contributed by atoms with van der Waals surface area (Å²) < 4.78 is 13.8. The number of hydrogen-bond donors (Lipinski definition) is 3. The second-order valence-electron chi connectivity index (χ2n) is 7.40. The molecular formula is C22H21FN2O3. The topological polar surface area (TPSA) is 82.2 Å². The van der Waals surface area contributed by atoms with Crippen LogP contribution in [0.15, 0.2) is 48.5 Å². The molecule has 0 bridgehead atoms. The normalized spacial score (nSPS) is 14.8. The molecule has 28 heavy (non-hydrogen) atoms. The summed E-state index contributed by atoms with van der Waals surface area (Å²) in [5.41, 5.74) is 2.76. The number of rotatable bonds is 7. The lowest BCUT2D eigenvalue weighted by atomic mass is 10.0. The van der Waals surface area contributed by atoms with Gasteiger partial charge in [0, 0.05) is 29.6 Å². The highest BCUT2D eigenvalue weighted by Crippen LogP contribution is 2.45. The van der Waals surface area contributed by atoms with Crippen LogP contribution in [-0.2, 0) is 16.0 Å². The molecule has 0 atom stereocenters. The molecule has 0 radical (unpaired) electrons. The number of aromatic amines is 1. The summed E-state index contributed by atoms with van der Waals surface area (Å²) in [6, 6.07) is 14.3. The number of carboxylic acid groups (broad SMARTS) is 1. The van der Waals surface area contributed by atoms with Crippen LogP contribution in [0, 0.1) is 11.2 Å². The van der Waals surface area contributed by atoms with Crippen molar-refractivity contribution in [3.8, 4) is 11.3 Å². The van der Waals surface area contributed by atoms with E-state index in [4.69, 9.17) is 0 Å². The smallest absolute Gasteiger partial charge is 0.311 e. The van der Waals surface area contributed by atoms with Crippen molar-refractivity contribution in [3.05, 3.63) is 59.9 Å². The Kier molecular flexibility index (Phi) is 4.63. The highest BCUT2D eigenvalue weighted by atomic mass is 19.1. The monoisotopic (exact) mass is 380 g/mol. The molecule has 1 aliphatic rings. The largest absolute Gasteiger partial charge is 0.481 e. The number of aliphatic carboxylic acids is 1. The number of carboxylic acids is 1. The summed E-state index contributed by atoms with van der Waals surface area (Å²) in [6.45, 7) is 0.162. The Balaban J connectivity index is 1.54. The number of fused-ring (bicyclic) bond motifs is 1. The Morgan fingerprint density at radius 1 is 1.14 bits per heavy atom. The molecule has 0 saturated heterocycles. The van der Waals surface area contributed by atoms with Crippen molar-refractivity contribution >= 4 is 22.8 Å². The summed E-state index contributed by atoms with van der Waals surface area (Å²) in [5.74, 6) is -1.38. The minimum atomic E-state index is -0.855. The van der Waals surface area contributed by atoms with E-state index in [0.29, 0.717) is 19.3 Å². The van der Waals surface area contributed by atoms with Crippen LogP contribution in [0.5, 0.6) is 0 Å². The standard InChI is InChI=1S/C22H21FN2O3/c23-15-6-8-18-17(12-15)16(20(25-18)14-4-2-1-3-5-14)7-9-19(26)24-13-22(10-11-22)21(27)28/h1-6,8,12,25H,7,9-11,13H2,(H,24,26)(H,27,28). The summed E-state index contributed by atoms with van der Waals surface area (Å²) in [6.07, 6.45) is 1.84. The van der Waals surface area contributed by atoms with Gasteiger partial charge in [0.2, 0.25) is 5.91 Å². The first-order chi connectivity index (χ1) is 13.5. The fourth-order valence-corrected chi connectivity index (χ4v) is 3.54. The minimum Gasteiger partial charge on any atom is -0.481 e. The van der Waals surface area contributed by atoms with Gasteiger partial charge in [0.15, 0.2) is 0 Å². The summed E-state index contributed by atoms with van der Waals surface area (Å²) in [4.78, 5) is 26.9. The number of nitrogens with one attached hydrogen (secondary N) is 2. The summed E-state index contributed by atoms with van der Waals surface area (Å²) in [5, 5.41) is 12.7. The molecule has 1 heterocycles. The van der Waals surface area contributed by atoms with Gasteiger partial charge in [-0.25, -0.2) is 4.39 Å². The first-order valence-corrected chi connectivity index (χ1v) is 9.34. The predicted molar refractivity (Wildman–Crippen MR) is 104 cm³/mol. The molecule has 5 nitrogen and oxygen atoms in total. The Morgan fingerprint density at radius 2 is 1.89 bits per heavy atom. The zero-order valence-corrected chi connectivity index (χ0v) is 15.3. The van der Waals surface area contributed by atoms with E-state index in [1.807, 2.05) is 30.3 Å². The van der Waals surface area contributed by atoms with Crippen LogP contribution >= 0.6 is 0 Å². The molecule has 1 aromatic heterocycles. The van der Waals surface area contributed by atoms with Crippen molar-refractivity contribution in [2.45, 2.75) is 25.7 Å². The molecule has 2 aromatic carbocycles. The Hall–Kier alpha value is -3.15. The zero-order valence-electron chi connectivity index (χ0n) is 15.3. The van der Waals surface area contributed by atoms with E-state index in [-0.39, 0.29) is 24.7 Å². The maximum Gasteiger partial charge on any atom is 0.311 e. The van der Waals surface area contributed by atoms with Gasteiger partial charge in [0.1, 0.15) is 5.82 Å². The van der Waals surface area contributed by atoms with E-state index in [1.165, 1.54) is 12.1 Å². The van der Waals surface area contributed by atoms with Crippen LogP contribution in [0.3, 0.4) is 0 Å². The van der Waals surface area contributed by atoms with Gasteiger partial charge in [0.05, 0.1) is 5.41 Å². The van der Waals surface area contributed by atoms with Crippen LogP contribution < -0.4 is 5.32 Å². The van der Waals surface area contributed by atoms with Gasteiger partial charge in [0.25, 0.3) is 0 Å². The zero-order chi connectivity index (χ0) is 19.7. The maximum absolute atomic E-state index is 13.8. The Morgan fingerprint density at radius 3 is 2.57 bits per heavy atom. The van der Waals surface area contributed by atoms with Crippen molar-refractivity contribution in [1.29, 1.82) is 0 Å². The highest BCUT2D eigenvalue weighted by molar-refractivity contribution is 5.91. The number of carbonyl (C=O) groups excluding carboxylic acids is 1. The van der Waals surface area contributed by atoms with Crippen molar-refractivity contribution in [3.63, 3.8) is 0 Å². The third-order valence-electron chi connectivity index (χ3n) is 5.46. The van der Waals surface area contributed by atoms with Crippen LogP contribution in [0.2, 0.25) is 0 Å². The number of benzene rings is 2. The van der Waals surface area contributed by atoms with E-state index in [2.05, 4.69) is 10.3 Å². The molecule has 1 aliphatic carbocycles. The molecule has 1 amide bonds. The summed E-state index contributed by atoms with van der Waals surface area (Å²) >= 11 is 0. The minimum absolute atomic E-state index is 0.162. The van der Waals surface area contributed by atoms with Gasteiger partial charge in [-0.3, -0.25) is 9.59 Å². The number of aryl methyl sites for hydroxylation is 1. The van der Waals surface area contributed by atoms with E-state index in [1.54, 1.807) is 6.07 Å². The molecule has 0 aliphatic heterocycles. The lowest BCUT2D eigenvalue weighted by Gasteiger charge is -2.11. The first kappa shape index (κ1) is 18.2. The molecule has 3 aromatic rings. The number of halogens is 1. The number of amides is 1. The number of hydrogen-bond acceptors (Lipinski definition) is 2. The Labute approximate surface area is 161 Å². The van der Waals surface area contributed by atoms with Crippen molar-refractivity contribution in [1.82, 2.24) is 10.3 Å². The summed E-state index contributed by atoms with van der Waals surface area (Å²) in [7, 11) is 0. The third-order valence-corrected chi connectivity index (χ3v) is 5.46. The van der Waals surface area contributed by atoms with E-state index >= 15 is 0 Å². The van der Waals surface area contributed by atoms with Gasteiger partial charge in [-0.05, 0) is 48.6 Å². The molecular weight excluding hydrogens is 359 g/mol. The van der Waals surface area contributed by atoms with E-state index in [0.717, 1.165) is 27.7 Å². The second-order valence-corrected chi connectivity index (χ2v) is 7.40. The number of carbonyl (C=O) groups is 2. The molecule has 144 valence electrons. The van der Waals surface area contributed by atoms with Crippen LogP contribution in [0.1, 0.15) is 24.8 Å². The Bertz CT molecular complexity index is 1040. The number of aromatic nitrogens is 1. The lowest BCUT2D eigenvalue weighted by molar-refractivity contribution is -0.143. The quantitative estimate of drug-likeness (QED) is 0.582. The molecule has 0 unspecified atom stereocenters. The molecule has 1 fully saturated rings. The maximum atomic E-state index is 13.8. The fourth-order valence-electron chi connectivity index (χ4n) is 3.54. The number of H-pyrrole nitrogens is 1. The van der Waals surface area contributed by atoms with Gasteiger partial charge < -0.3 is 15.4 Å². The lowest BCUT2D eigenvalue weighted by Crippen LogP contribution is -2.34. The first-order valence-electron chi connectivity index (χ1n) is 9.34. The average molecular weight is 380 g/mol. The van der Waals surface area contributed by atoms with Gasteiger partial charge in [-0.1, -0.05) is 30.3 Å². The predicted octanol–water partition coefficient (Wildman–Crippen LogP) is 3.89. The van der Waals surface area contributed by atoms with E-state index < -0.39 is 11.4 Å². The van der Waals surface area contributed by atoms with Crippen LogP contribution in [0.25, 0.3) is 22.2 Å². The fraction of sp³-hybridized carbons (Fsp3) is 0.273. The molecule has 1 saturated carbocycles. The van der Waals surface area contributed by atoms with Gasteiger partial charge in [-0.15, -0.1) is 0 Å². The average Bonchev–Trinajstić information content (AvgIpc) is 3.41. The second kappa shape index (κ2) is 7.11. The molecule has 4 rings (SSSR count). The van der Waals surface area contributed by atoms with Gasteiger partial charge in [-0.2, -0.15) is 0 Å². The van der Waals surface area contributed by atoms with Crippen molar-refractivity contribution in [2.75, 3.05) is 6.54 Å².